The van der Waals surface area contributed by atoms with Crippen LogP contribution in [0.15, 0.2) is 46.8 Å². The van der Waals surface area contributed by atoms with Crippen LogP contribution in [-0.4, -0.2) is 24.3 Å². The van der Waals surface area contributed by atoms with Crippen molar-refractivity contribution in [1.29, 1.82) is 0 Å². The summed E-state index contributed by atoms with van der Waals surface area (Å²) in [5.41, 5.74) is -0.163. The van der Waals surface area contributed by atoms with Gasteiger partial charge in [-0.1, -0.05) is 37.3 Å². The lowest BCUT2D eigenvalue weighted by Crippen LogP contribution is -2.13. The van der Waals surface area contributed by atoms with Crippen molar-refractivity contribution >= 4 is 32.2 Å². The van der Waals surface area contributed by atoms with Crippen molar-refractivity contribution in [3.63, 3.8) is 0 Å². The predicted octanol–water partition coefficient (Wildman–Crippen LogP) is 4.17. The zero-order valence-electron chi connectivity index (χ0n) is 15.5. The minimum absolute atomic E-state index is 0.0666. The summed E-state index contributed by atoms with van der Waals surface area (Å²) >= 11 is 0.745. The number of anilines is 1. The summed E-state index contributed by atoms with van der Waals surface area (Å²) in [4.78, 5) is 20.4. The number of sulfone groups is 1. The van der Waals surface area contributed by atoms with E-state index >= 15 is 0 Å². The number of hydrogen-bond acceptors (Lipinski definition) is 6. The first kappa shape index (κ1) is 21.0. The molecule has 2 heterocycles. The molecule has 0 saturated carbocycles. The fourth-order valence-electron chi connectivity index (χ4n) is 2.54. The van der Waals surface area contributed by atoms with E-state index in [1.807, 2.05) is 0 Å². The highest BCUT2D eigenvalue weighted by molar-refractivity contribution is 7.92. The predicted molar refractivity (Wildman–Crippen MR) is 106 cm³/mol. The molecule has 0 spiro atoms. The number of carbonyl (C=O) groups excluding carboxylic acids is 1. The lowest BCUT2D eigenvalue weighted by molar-refractivity contribution is 0.102. The van der Waals surface area contributed by atoms with Gasteiger partial charge in [0.15, 0.2) is 15.0 Å². The molecular weight excluding hydrogens is 420 g/mol. The minimum Gasteiger partial charge on any atom is -0.296 e. The first-order chi connectivity index (χ1) is 13.7. The molecule has 0 aliphatic rings. The van der Waals surface area contributed by atoms with Crippen LogP contribution >= 0.6 is 11.3 Å². The Bertz CT molecular complexity index is 1130. The fraction of sp³-hybridized carbons (Fsp3) is 0.211. The first-order valence-electron chi connectivity index (χ1n) is 8.58. The minimum atomic E-state index is -4.10. The normalized spacial score (nSPS) is 11.6. The monoisotopic (exact) mass is 437 g/mol. The van der Waals surface area contributed by atoms with Crippen molar-refractivity contribution in [2.24, 2.45) is 0 Å². The van der Waals surface area contributed by atoms with Gasteiger partial charge in [-0.25, -0.2) is 22.2 Å². The van der Waals surface area contributed by atoms with Crippen LogP contribution in [0.3, 0.4) is 0 Å². The molecule has 0 aliphatic carbocycles. The van der Waals surface area contributed by atoms with Crippen molar-refractivity contribution in [2.75, 3.05) is 5.32 Å². The van der Waals surface area contributed by atoms with Gasteiger partial charge in [0.25, 0.3) is 5.91 Å². The number of nitrogens with zero attached hydrogens (tertiary/aromatic N) is 2. The van der Waals surface area contributed by atoms with E-state index in [0.29, 0.717) is 0 Å². The van der Waals surface area contributed by atoms with E-state index in [0.717, 1.165) is 29.5 Å². The van der Waals surface area contributed by atoms with Gasteiger partial charge in [-0.3, -0.25) is 15.1 Å². The zero-order chi connectivity index (χ0) is 21.2. The highest BCUT2D eigenvalue weighted by Gasteiger charge is 2.28. The van der Waals surface area contributed by atoms with Gasteiger partial charge in [0.05, 0.1) is 11.4 Å². The average Bonchev–Trinajstić information content (AvgIpc) is 3.11. The van der Waals surface area contributed by atoms with E-state index in [1.165, 1.54) is 12.3 Å². The Morgan fingerprint density at radius 3 is 2.41 bits per heavy atom. The van der Waals surface area contributed by atoms with Gasteiger partial charge in [-0.15, -0.1) is 0 Å². The number of benzene rings is 1. The van der Waals surface area contributed by atoms with Crippen molar-refractivity contribution in [1.82, 2.24) is 9.97 Å². The summed E-state index contributed by atoms with van der Waals surface area (Å²) in [5.74, 6) is -3.55. The smallest absolute Gasteiger partial charge is 0.276 e. The summed E-state index contributed by atoms with van der Waals surface area (Å²) in [6.07, 6.45) is 1.45. The van der Waals surface area contributed by atoms with E-state index < -0.39 is 38.7 Å². The number of rotatable bonds is 6. The third-order valence-corrected chi connectivity index (χ3v) is 7.20. The van der Waals surface area contributed by atoms with Crippen molar-refractivity contribution in [3.05, 3.63) is 71.2 Å². The van der Waals surface area contributed by atoms with Crippen LogP contribution in [-0.2, 0) is 15.6 Å². The number of nitrogens with one attached hydrogen (secondary N) is 1. The Kier molecular flexibility index (Phi) is 6.04. The van der Waals surface area contributed by atoms with E-state index in [1.54, 1.807) is 26.0 Å². The van der Waals surface area contributed by atoms with Crippen LogP contribution in [0.25, 0.3) is 0 Å². The molecule has 1 aromatic carbocycles. The second-order valence-electron chi connectivity index (χ2n) is 6.47. The second kappa shape index (κ2) is 8.34. The van der Waals surface area contributed by atoms with Crippen LogP contribution in [0.4, 0.5) is 13.9 Å². The van der Waals surface area contributed by atoms with Crippen LogP contribution in [0.2, 0.25) is 0 Å². The van der Waals surface area contributed by atoms with Crippen LogP contribution in [0.1, 0.15) is 41.5 Å². The maximum Gasteiger partial charge on any atom is 0.276 e. The Hall–Kier alpha value is -2.72. The molecule has 0 fully saturated rings. The number of hydrogen-bond donors (Lipinski definition) is 1. The molecule has 1 amide bonds. The third kappa shape index (κ3) is 4.65. The van der Waals surface area contributed by atoms with Gasteiger partial charge in [-0.05, 0) is 30.2 Å². The van der Waals surface area contributed by atoms with Crippen molar-refractivity contribution in [3.8, 4) is 0 Å². The van der Waals surface area contributed by atoms with Crippen LogP contribution in [0.5, 0.6) is 0 Å². The SMILES string of the molecule is CC(C)c1nc(NC(=O)c2ccccn2)sc1S(=O)(=O)Cc1c(F)cccc1F. The lowest BCUT2D eigenvalue weighted by Gasteiger charge is -2.08. The van der Waals surface area contributed by atoms with Crippen LogP contribution in [0, 0.1) is 11.6 Å². The Morgan fingerprint density at radius 1 is 1.14 bits per heavy atom. The molecule has 29 heavy (non-hydrogen) atoms. The van der Waals surface area contributed by atoms with Crippen molar-refractivity contribution < 1.29 is 22.0 Å². The summed E-state index contributed by atoms with van der Waals surface area (Å²) in [6.45, 7) is 3.48. The topological polar surface area (TPSA) is 89.0 Å². The molecule has 0 aliphatic heterocycles. The molecule has 0 radical (unpaired) electrons. The standard InChI is InChI=1S/C19H17F2N3O3S2/c1-11(2)16-18(29(26,27)10-12-13(20)6-5-7-14(12)21)28-19(23-16)24-17(25)15-8-3-4-9-22-15/h3-9,11H,10H2,1-2H3,(H,23,24,25). The third-order valence-electron chi connectivity index (χ3n) is 3.96. The maximum atomic E-state index is 13.9. The van der Waals surface area contributed by atoms with Gasteiger partial charge in [-0.2, -0.15) is 0 Å². The molecule has 152 valence electrons. The summed E-state index contributed by atoms with van der Waals surface area (Å²) < 4.78 is 53.6. The quantitative estimate of drug-likeness (QED) is 0.625. The zero-order valence-corrected chi connectivity index (χ0v) is 17.2. The molecule has 2 aromatic heterocycles. The lowest BCUT2D eigenvalue weighted by atomic mass is 10.2. The Balaban J connectivity index is 1.95. The van der Waals surface area contributed by atoms with E-state index in [2.05, 4.69) is 15.3 Å². The summed E-state index contributed by atoms with van der Waals surface area (Å²) in [5, 5.41) is 2.59. The van der Waals surface area contributed by atoms with Crippen molar-refractivity contribution in [2.45, 2.75) is 29.7 Å². The molecule has 1 N–H and O–H groups in total. The van der Waals surface area contributed by atoms with Gasteiger partial charge in [0.1, 0.15) is 21.5 Å². The number of halogens is 2. The molecule has 10 heteroatoms. The Morgan fingerprint density at radius 2 is 1.83 bits per heavy atom. The summed E-state index contributed by atoms with van der Waals surface area (Å²) in [7, 11) is -4.10. The van der Waals surface area contributed by atoms with Crippen LogP contribution < -0.4 is 5.32 Å². The number of amides is 1. The van der Waals surface area contributed by atoms with Gasteiger partial charge < -0.3 is 0 Å². The first-order valence-corrected chi connectivity index (χ1v) is 11.0. The number of thiazole rings is 1. The number of carbonyl (C=O) groups is 1. The van der Waals surface area contributed by atoms with E-state index in [4.69, 9.17) is 0 Å². The maximum absolute atomic E-state index is 13.9. The van der Waals surface area contributed by atoms with Gasteiger partial charge in [0.2, 0.25) is 0 Å². The largest absolute Gasteiger partial charge is 0.296 e. The number of pyridine rings is 1. The van der Waals surface area contributed by atoms with E-state index in [-0.39, 0.29) is 26.6 Å². The fourth-order valence-corrected chi connectivity index (χ4v) is 5.70. The molecule has 6 nitrogen and oxygen atoms in total. The molecule has 0 bridgehead atoms. The molecule has 0 unspecified atom stereocenters. The van der Waals surface area contributed by atoms with Gasteiger partial charge >= 0.3 is 0 Å². The Labute approximate surface area is 170 Å². The molecule has 0 saturated heterocycles. The van der Waals surface area contributed by atoms with E-state index in [9.17, 15) is 22.0 Å². The molecule has 3 rings (SSSR count). The number of aromatic nitrogens is 2. The highest BCUT2D eigenvalue weighted by atomic mass is 32.2. The molecule has 3 aromatic rings. The molecular formula is C19H17F2N3O3S2. The summed E-state index contributed by atoms with van der Waals surface area (Å²) in [6, 6.07) is 7.97. The second-order valence-corrected chi connectivity index (χ2v) is 9.66. The average molecular weight is 437 g/mol. The highest BCUT2D eigenvalue weighted by Crippen LogP contribution is 2.35. The molecule has 0 atom stereocenters. The van der Waals surface area contributed by atoms with Gasteiger partial charge in [0, 0.05) is 11.8 Å².